The third kappa shape index (κ3) is 4.73. The topological polar surface area (TPSA) is 54.2 Å². The highest BCUT2D eigenvalue weighted by atomic mass is 19.1. The molecule has 0 aliphatic rings. The Bertz CT molecular complexity index is 917. The first-order valence-electron chi connectivity index (χ1n) is 8.89. The van der Waals surface area contributed by atoms with Gasteiger partial charge in [-0.25, -0.2) is 9.07 Å². The average Bonchev–Trinajstić information content (AvgIpc) is 3.17. The molecular weight excluding hydrogens is 341 g/mol. The van der Waals surface area contributed by atoms with E-state index in [-0.39, 0.29) is 11.9 Å². The molecule has 0 radical (unpaired) electrons. The largest absolute Gasteiger partial charge is 0.352 e. The van der Waals surface area contributed by atoms with Crippen molar-refractivity contribution < 1.29 is 4.39 Å². The summed E-state index contributed by atoms with van der Waals surface area (Å²) in [6, 6.07) is 15.2. The predicted octanol–water partition coefficient (Wildman–Crippen LogP) is 3.75. The van der Waals surface area contributed by atoms with Gasteiger partial charge in [0.2, 0.25) is 0 Å². The van der Waals surface area contributed by atoms with Crippen LogP contribution in [0.5, 0.6) is 0 Å². The fourth-order valence-corrected chi connectivity index (χ4v) is 2.72. The number of para-hydroxylation sites is 1. The van der Waals surface area contributed by atoms with Gasteiger partial charge in [-0.3, -0.25) is 4.99 Å². The van der Waals surface area contributed by atoms with Crippen molar-refractivity contribution in [3.05, 3.63) is 83.4 Å². The van der Waals surface area contributed by atoms with E-state index in [1.54, 1.807) is 26.1 Å². The van der Waals surface area contributed by atoms with Gasteiger partial charge in [-0.1, -0.05) is 30.3 Å². The van der Waals surface area contributed by atoms with Crippen LogP contribution in [0, 0.1) is 12.7 Å². The van der Waals surface area contributed by atoms with Gasteiger partial charge in [0.05, 0.1) is 17.9 Å². The van der Waals surface area contributed by atoms with Crippen molar-refractivity contribution in [2.45, 2.75) is 26.4 Å². The van der Waals surface area contributed by atoms with E-state index >= 15 is 0 Å². The van der Waals surface area contributed by atoms with E-state index in [0.717, 1.165) is 16.8 Å². The average molecular weight is 365 g/mol. The number of hydrogen-bond acceptors (Lipinski definition) is 2. The minimum atomic E-state index is -0.197. The van der Waals surface area contributed by atoms with Gasteiger partial charge in [-0.05, 0) is 43.2 Å². The molecule has 0 aliphatic heterocycles. The van der Waals surface area contributed by atoms with E-state index < -0.39 is 0 Å². The number of nitrogens with zero attached hydrogens (tertiary/aromatic N) is 3. The van der Waals surface area contributed by atoms with Gasteiger partial charge in [-0.15, -0.1) is 0 Å². The van der Waals surface area contributed by atoms with Crippen molar-refractivity contribution in [2.75, 3.05) is 7.05 Å². The van der Waals surface area contributed by atoms with Crippen LogP contribution in [0.25, 0.3) is 5.69 Å². The summed E-state index contributed by atoms with van der Waals surface area (Å²) >= 11 is 0. The van der Waals surface area contributed by atoms with E-state index in [0.29, 0.717) is 18.1 Å². The molecule has 27 heavy (non-hydrogen) atoms. The molecule has 0 bridgehead atoms. The number of guanidine groups is 1. The monoisotopic (exact) mass is 365 g/mol. The summed E-state index contributed by atoms with van der Waals surface area (Å²) in [6.45, 7) is 4.32. The Morgan fingerprint density at radius 1 is 1.22 bits per heavy atom. The fourth-order valence-electron chi connectivity index (χ4n) is 2.72. The van der Waals surface area contributed by atoms with Gasteiger partial charge >= 0.3 is 0 Å². The molecule has 0 fully saturated rings. The minimum Gasteiger partial charge on any atom is -0.352 e. The number of nitrogens with one attached hydrogen (secondary N) is 2. The molecular formula is C21H24FN5. The van der Waals surface area contributed by atoms with Crippen LogP contribution >= 0.6 is 0 Å². The molecule has 0 spiro atoms. The number of aryl methyl sites for hydroxylation is 1. The molecule has 5 nitrogen and oxygen atoms in total. The summed E-state index contributed by atoms with van der Waals surface area (Å²) < 4.78 is 15.6. The maximum atomic E-state index is 13.8. The lowest BCUT2D eigenvalue weighted by atomic mass is 10.1. The van der Waals surface area contributed by atoms with Crippen molar-refractivity contribution in [2.24, 2.45) is 4.99 Å². The number of halogens is 1. The van der Waals surface area contributed by atoms with Crippen LogP contribution in [0.4, 0.5) is 4.39 Å². The molecule has 1 atom stereocenters. The summed E-state index contributed by atoms with van der Waals surface area (Å²) in [4.78, 5) is 4.25. The standard InChI is InChI=1S/C21H24FN5/c1-15-9-10-18(11-20(15)22)16(2)26-21(23-3)24-12-17-13-25-27(14-17)19-7-5-4-6-8-19/h4-11,13-14,16H,12H2,1-3H3,(H2,23,24,26). The Balaban J connectivity index is 1.59. The van der Waals surface area contributed by atoms with Crippen LogP contribution in [0.3, 0.4) is 0 Å². The van der Waals surface area contributed by atoms with E-state index in [1.807, 2.05) is 60.4 Å². The predicted molar refractivity (Wildman–Crippen MR) is 106 cm³/mol. The number of aliphatic imine (C=N–C) groups is 1. The third-order valence-electron chi connectivity index (χ3n) is 4.39. The number of rotatable bonds is 5. The molecule has 140 valence electrons. The van der Waals surface area contributed by atoms with Crippen LogP contribution in [0.1, 0.15) is 29.7 Å². The zero-order valence-corrected chi connectivity index (χ0v) is 15.8. The molecule has 0 aliphatic carbocycles. The Morgan fingerprint density at radius 2 is 2.00 bits per heavy atom. The Kier molecular flexibility index (Phi) is 5.86. The van der Waals surface area contributed by atoms with E-state index in [4.69, 9.17) is 0 Å². The van der Waals surface area contributed by atoms with Gasteiger partial charge in [0.25, 0.3) is 0 Å². The zero-order valence-electron chi connectivity index (χ0n) is 15.8. The van der Waals surface area contributed by atoms with E-state index in [9.17, 15) is 4.39 Å². The molecule has 1 aromatic heterocycles. The van der Waals surface area contributed by atoms with Crippen molar-refractivity contribution in [1.82, 2.24) is 20.4 Å². The molecule has 3 rings (SSSR count). The molecule has 0 saturated heterocycles. The van der Waals surface area contributed by atoms with Gasteiger partial charge < -0.3 is 10.6 Å². The summed E-state index contributed by atoms with van der Waals surface area (Å²) in [7, 11) is 1.71. The highest BCUT2D eigenvalue weighted by Crippen LogP contribution is 2.16. The molecule has 1 heterocycles. The van der Waals surface area contributed by atoms with Gasteiger partial charge in [-0.2, -0.15) is 5.10 Å². The summed E-state index contributed by atoms with van der Waals surface area (Å²) in [5.74, 6) is 0.452. The van der Waals surface area contributed by atoms with Gasteiger partial charge in [0.1, 0.15) is 5.82 Å². The maximum Gasteiger partial charge on any atom is 0.191 e. The number of benzene rings is 2. The quantitative estimate of drug-likeness (QED) is 0.535. The highest BCUT2D eigenvalue weighted by Gasteiger charge is 2.10. The molecule has 0 amide bonds. The Morgan fingerprint density at radius 3 is 2.70 bits per heavy atom. The van der Waals surface area contributed by atoms with Crippen molar-refractivity contribution in [3.63, 3.8) is 0 Å². The van der Waals surface area contributed by atoms with Crippen LogP contribution < -0.4 is 10.6 Å². The maximum absolute atomic E-state index is 13.8. The number of hydrogen-bond donors (Lipinski definition) is 2. The first-order valence-corrected chi connectivity index (χ1v) is 8.89. The Labute approximate surface area is 159 Å². The molecule has 6 heteroatoms. The van der Waals surface area contributed by atoms with Gasteiger partial charge in [0, 0.05) is 25.4 Å². The first-order chi connectivity index (χ1) is 13.1. The molecule has 2 N–H and O–H groups in total. The molecule has 1 unspecified atom stereocenters. The highest BCUT2D eigenvalue weighted by molar-refractivity contribution is 5.80. The van der Waals surface area contributed by atoms with Crippen molar-refractivity contribution in [3.8, 4) is 5.69 Å². The second-order valence-electron chi connectivity index (χ2n) is 6.43. The second kappa shape index (κ2) is 8.49. The van der Waals surface area contributed by atoms with Crippen LogP contribution in [0.15, 0.2) is 65.9 Å². The lowest BCUT2D eigenvalue weighted by Gasteiger charge is -2.18. The normalized spacial score (nSPS) is 12.7. The Hall–Kier alpha value is -3.15. The van der Waals surface area contributed by atoms with Crippen LogP contribution in [-0.2, 0) is 6.54 Å². The molecule has 3 aromatic rings. The van der Waals surface area contributed by atoms with Gasteiger partial charge in [0.15, 0.2) is 5.96 Å². The van der Waals surface area contributed by atoms with Crippen LogP contribution in [0.2, 0.25) is 0 Å². The van der Waals surface area contributed by atoms with E-state index in [1.165, 1.54) is 0 Å². The van der Waals surface area contributed by atoms with E-state index in [2.05, 4.69) is 20.7 Å². The first kappa shape index (κ1) is 18.6. The molecule has 0 saturated carbocycles. The SMILES string of the molecule is CN=C(NCc1cnn(-c2ccccc2)c1)NC(C)c1ccc(C)c(F)c1. The smallest absolute Gasteiger partial charge is 0.191 e. The number of aromatic nitrogens is 2. The molecule has 2 aromatic carbocycles. The minimum absolute atomic E-state index is 0.0710. The third-order valence-corrected chi connectivity index (χ3v) is 4.39. The van der Waals surface area contributed by atoms with Crippen molar-refractivity contribution in [1.29, 1.82) is 0 Å². The zero-order chi connectivity index (χ0) is 19.2. The summed E-state index contributed by atoms with van der Waals surface area (Å²) in [5.41, 5.74) is 3.57. The summed E-state index contributed by atoms with van der Waals surface area (Å²) in [6.07, 6.45) is 3.81. The fraction of sp³-hybridized carbons (Fsp3) is 0.238. The lowest BCUT2D eigenvalue weighted by Crippen LogP contribution is -2.38. The summed E-state index contributed by atoms with van der Waals surface area (Å²) in [5, 5.41) is 10.9. The van der Waals surface area contributed by atoms with Crippen LogP contribution in [-0.4, -0.2) is 22.8 Å². The van der Waals surface area contributed by atoms with Crippen molar-refractivity contribution >= 4 is 5.96 Å². The second-order valence-corrected chi connectivity index (χ2v) is 6.43. The lowest BCUT2D eigenvalue weighted by molar-refractivity contribution is 0.607.